The highest BCUT2D eigenvalue weighted by molar-refractivity contribution is 14.1. The highest BCUT2D eigenvalue weighted by Gasteiger charge is 2.30. The number of anilines is 2. The molecule has 128 valence electrons. The third kappa shape index (κ3) is 3.42. The Morgan fingerprint density at radius 3 is 2.54 bits per heavy atom. The summed E-state index contributed by atoms with van der Waals surface area (Å²) < 4.78 is 35.3. The van der Waals surface area contributed by atoms with E-state index in [0.717, 1.165) is 0 Å². The zero-order chi connectivity index (χ0) is 18.0. The number of rotatable bonds is 5. The number of Topliss-reactive ketones (excluding diaryl/α,β-unsaturated/α-hetero) is 1. The minimum atomic E-state index is -0.989. The molecular weight excluding hydrogens is 433 g/mol. The molecule has 0 amide bonds. The van der Waals surface area contributed by atoms with Crippen molar-refractivity contribution in [3.63, 3.8) is 0 Å². The van der Waals surface area contributed by atoms with E-state index >= 15 is 0 Å². The van der Waals surface area contributed by atoms with Gasteiger partial charge in [0.2, 0.25) is 0 Å². The number of nitrogens with zero attached hydrogens (tertiary/aromatic N) is 1. The third-order valence-corrected chi connectivity index (χ3v) is 4.00. The summed E-state index contributed by atoms with van der Waals surface area (Å²) >= 11 is 1.95. The molecule has 0 aliphatic heterocycles. The van der Waals surface area contributed by atoms with Crippen LogP contribution in [0.3, 0.4) is 0 Å². The summed E-state index contributed by atoms with van der Waals surface area (Å²) in [5, 5.41) is 2.68. The Labute approximate surface area is 151 Å². The van der Waals surface area contributed by atoms with Gasteiger partial charge in [-0.05, 0) is 47.7 Å². The molecule has 2 rings (SSSR count). The van der Waals surface area contributed by atoms with Crippen molar-refractivity contribution in [2.24, 2.45) is 7.05 Å². The van der Waals surface area contributed by atoms with Crippen molar-refractivity contribution in [2.45, 2.75) is 13.8 Å². The summed E-state index contributed by atoms with van der Waals surface area (Å²) in [7, 11) is 1.41. The second kappa shape index (κ2) is 7.29. The topological polar surface area (TPSA) is 60.3 Å². The van der Waals surface area contributed by atoms with Crippen molar-refractivity contribution in [1.82, 2.24) is 4.57 Å². The van der Waals surface area contributed by atoms with Crippen molar-refractivity contribution in [2.75, 3.05) is 11.9 Å². The summed E-state index contributed by atoms with van der Waals surface area (Å²) in [6.45, 7) is 2.80. The van der Waals surface area contributed by atoms with Gasteiger partial charge in [-0.25, -0.2) is 13.6 Å². The fourth-order valence-electron chi connectivity index (χ4n) is 2.29. The van der Waals surface area contributed by atoms with Gasteiger partial charge in [-0.1, -0.05) is 0 Å². The van der Waals surface area contributed by atoms with E-state index in [1.54, 1.807) is 13.0 Å². The van der Waals surface area contributed by atoms with E-state index in [1.165, 1.54) is 30.7 Å². The van der Waals surface area contributed by atoms with Crippen molar-refractivity contribution in [1.29, 1.82) is 0 Å². The van der Waals surface area contributed by atoms with Gasteiger partial charge in [0, 0.05) is 17.5 Å². The minimum absolute atomic E-state index is 0.0416. The fourth-order valence-corrected chi connectivity index (χ4v) is 2.75. The molecule has 5 nitrogen and oxygen atoms in total. The van der Waals surface area contributed by atoms with E-state index in [9.17, 15) is 18.4 Å². The Morgan fingerprint density at radius 2 is 2.00 bits per heavy atom. The second-order valence-electron chi connectivity index (χ2n) is 4.97. The molecular formula is C16H15F2IN2O3. The number of ether oxygens (including phenoxy) is 1. The van der Waals surface area contributed by atoms with E-state index in [-0.39, 0.29) is 23.8 Å². The molecule has 0 unspecified atom stereocenters. The van der Waals surface area contributed by atoms with Crippen LogP contribution < -0.4 is 5.32 Å². The lowest BCUT2D eigenvalue weighted by Gasteiger charge is -2.12. The molecule has 0 saturated heterocycles. The summed E-state index contributed by atoms with van der Waals surface area (Å²) in [4.78, 5) is 23.8. The standard InChI is InChI=1S/C16H15F2IN2O3/c1-4-24-16(23)12-13(18)14(8(2)22)21(3)15(12)20-11-6-5-9(19)7-10(11)17/h5-7,20H,4H2,1-3H3. The predicted octanol–water partition coefficient (Wildman–Crippen LogP) is 4.03. The monoisotopic (exact) mass is 448 g/mol. The molecule has 0 fully saturated rings. The fraction of sp³-hybridized carbons (Fsp3) is 0.250. The summed E-state index contributed by atoms with van der Waals surface area (Å²) in [5.41, 5.74) is -0.661. The lowest BCUT2D eigenvalue weighted by molar-refractivity contribution is 0.0522. The molecule has 0 bridgehead atoms. The Kier molecular flexibility index (Phi) is 5.58. The average Bonchev–Trinajstić information content (AvgIpc) is 2.73. The van der Waals surface area contributed by atoms with Crippen molar-refractivity contribution in [3.8, 4) is 0 Å². The molecule has 1 heterocycles. The number of carbonyl (C=O) groups excluding carboxylic acids is 2. The number of carbonyl (C=O) groups is 2. The van der Waals surface area contributed by atoms with Gasteiger partial charge in [-0.3, -0.25) is 4.79 Å². The zero-order valence-corrected chi connectivity index (χ0v) is 15.4. The molecule has 1 N–H and O–H groups in total. The lowest BCUT2D eigenvalue weighted by atomic mass is 10.2. The Balaban J connectivity index is 2.60. The molecule has 0 radical (unpaired) electrons. The molecule has 0 spiro atoms. The number of benzene rings is 1. The van der Waals surface area contributed by atoms with Gasteiger partial charge in [0.15, 0.2) is 11.6 Å². The third-order valence-electron chi connectivity index (χ3n) is 3.33. The van der Waals surface area contributed by atoms with Crippen LogP contribution in [0.1, 0.15) is 34.7 Å². The van der Waals surface area contributed by atoms with E-state index in [1.807, 2.05) is 22.6 Å². The maximum Gasteiger partial charge on any atom is 0.344 e. The van der Waals surface area contributed by atoms with Crippen LogP contribution in [-0.2, 0) is 11.8 Å². The van der Waals surface area contributed by atoms with Crippen LogP contribution in [0.25, 0.3) is 0 Å². The molecule has 24 heavy (non-hydrogen) atoms. The molecule has 0 aliphatic rings. The van der Waals surface area contributed by atoms with Crippen molar-refractivity contribution in [3.05, 3.63) is 44.7 Å². The Bertz CT molecular complexity index is 818. The van der Waals surface area contributed by atoms with Crippen LogP contribution in [0.5, 0.6) is 0 Å². The van der Waals surface area contributed by atoms with Gasteiger partial charge in [-0.2, -0.15) is 0 Å². The second-order valence-corrected chi connectivity index (χ2v) is 6.22. The van der Waals surface area contributed by atoms with Gasteiger partial charge in [-0.15, -0.1) is 0 Å². The SMILES string of the molecule is CCOC(=O)c1c(F)c(C(C)=O)n(C)c1Nc1ccc(I)cc1F. The number of aromatic nitrogens is 1. The number of hydrogen-bond donors (Lipinski definition) is 1. The lowest BCUT2D eigenvalue weighted by Crippen LogP contribution is -2.10. The number of esters is 1. The first-order chi connectivity index (χ1) is 11.3. The highest BCUT2D eigenvalue weighted by Crippen LogP contribution is 2.30. The number of nitrogens with one attached hydrogen (secondary N) is 1. The molecule has 0 saturated carbocycles. The minimum Gasteiger partial charge on any atom is -0.462 e. The Hall–Kier alpha value is -1.97. The smallest absolute Gasteiger partial charge is 0.344 e. The van der Waals surface area contributed by atoms with Crippen molar-refractivity contribution < 1.29 is 23.1 Å². The van der Waals surface area contributed by atoms with Crippen LogP contribution in [0.4, 0.5) is 20.3 Å². The molecule has 8 heteroatoms. The quantitative estimate of drug-likeness (QED) is 0.427. The van der Waals surface area contributed by atoms with E-state index in [0.29, 0.717) is 3.57 Å². The first-order valence-electron chi connectivity index (χ1n) is 7.06. The highest BCUT2D eigenvalue weighted by atomic mass is 127. The van der Waals surface area contributed by atoms with Crippen LogP contribution in [-0.4, -0.2) is 22.9 Å². The predicted molar refractivity (Wildman–Crippen MR) is 93.7 cm³/mol. The zero-order valence-electron chi connectivity index (χ0n) is 13.2. The first-order valence-corrected chi connectivity index (χ1v) is 8.14. The number of halogens is 3. The van der Waals surface area contributed by atoms with Gasteiger partial charge in [0.1, 0.15) is 22.9 Å². The number of hydrogen-bond acceptors (Lipinski definition) is 4. The molecule has 1 aromatic carbocycles. The average molecular weight is 448 g/mol. The van der Waals surface area contributed by atoms with Gasteiger partial charge < -0.3 is 14.6 Å². The summed E-state index contributed by atoms with van der Waals surface area (Å²) in [6.07, 6.45) is 0. The maximum absolute atomic E-state index is 14.6. The molecule has 0 atom stereocenters. The van der Waals surface area contributed by atoms with E-state index in [2.05, 4.69) is 5.32 Å². The first kappa shape index (κ1) is 18.4. The normalized spacial score (nSPS) is 10.6. The summed E-state index contributed by atoms with van der Waals surface area (Å²) in [6, 6.07) is 4.41. The van der Waals surface area contributed by atoms with Crippen LogP contribution in [0, 0.1) is 15.2 Å². The van der Waals surface area contributed by atoms with Gasteiger partial charge in [0.25, 0.3) is 0 Å². The van der Waals surface area contributed by atoms with Crippen LogP contribution >= 0.6 is 22.6 Å². The van der Waals surface area contributed by atoms with Gasteiger partial charge in [0.05, 0.1) is 12.3 Å². The van der Waals surface area contributed by atoms with Crippen LogP contribution in [0.15, 0.2) is 18.2 Å². The van der Waals surface area contributed by atoms with Crippen LogP contribution in [0.2, 0.25) is 0 Å². The summed E-state index contributed by atoms with van der Waals surface area (Å²) in [5.74, 6) is -3.08. The molecule has 0 aliphatic carbocycles. The van der Waals surface area contributed by atoms with E-state index < -0.39 is 29.0 Å². The largest absolute Gasteiger partial charge is 0.462 e. The van der Waals surface area contributed by atoms with Gasteiger partial charge >= 0.3 is 5.97 Å². The molecule has 1 aromatic heterocycles. The Morgan fingerprint density at radius 1 is 1.33 bits per heavy atom. The van der Waals surface area contributed by atoms with Crippen molar-refractivity contribution >= 4 is 45.8 Å². The number of ketones is 1. The van der Waals surface area contributed by atoms with E-state index in [4.69, 9.17) is 4.74 Å². The maximum atomic E-state index is 14.6. The molecule has 2 aromatic rings.